The first-order valence-electron chi connectivity index (χ1n) is 9.71. The summed E-state index contributed by atoms with van der Waals surface area (Å²) in [4.78, 5) is 28.4. The summed E-state index contributed by atoms with van der Waals surface area (Å²) in [6.45, 7) is 4.40. The molecule has 1 fully saturated rings. The molecule has 1 aliphatic heterocycles. The Kier molecular flexibility index (Phi) is 4.94. The lowest BCUT2D eigenvalue weighted by Gasteiger charge is -2.20. The normalized spacial score (nSPS) is 18.7. The molecule has 2 aliphatic rings. The maximum Gasteiger partial charge on any atom is 0.230 e. The molecule has 1 aliphatic carbocycles. The third-order valence-electron chi connectivity index (χ3n) is 5.88. The van der Waals surface area contributed by atoms with E-state index < -0.39 is 5.92 Å². The summed E-state index contributed by atoms with van der Waals surface area (Å²) in [5.74, 6) is -0.603. The Hall–Kier alpha value is -2.65. The van der Waals surface area contributed by atoms with E-state index in [0.29, 0.717) is 17.1 Å². The van der Waals surface area contributed by atoms with E-state index in [9.17, 15) is 14.9 Å². The van der Waals surface area contributed by atoms with Gasteiger partial charge in [-0.05, 0) is 62.3 Å². The van der Waals surface area contributed by atoms with E-state index in [4.69, 9.17) is 0 Å². The van der Waals surface area contributed by atoms with Crippen LogP contribution in [0, 0.1) is 31.1 Å². The predicted octanol–water partition coefficient (Wildman–Crippen LogP) is 4.11. The lowest BCUT2D eigenvalue weighted by molar-refractivity contribution is -0.122. The van der Waals surface area contributed by atoms with Crippen molar-refractivity contribution in [2.45, 2.75) is 46.0 Å². The van der Waals surface area contributed by atoms with Crippen LogP contribution >= 0.6 is 11.3 Å². The average molecular weight is 394 g/mol. The van der Waals surface area contributed by atoms with Gasteiger partial charge in [-0.15, -0.1) is 11.3 Å². The van der Waals surface area contributed by atoms with Gasteiger partial charge < -0.3 is 10.2 Å². The quantitative estimate of drug-likeness (QED) is 0.853. The number of carbonyl (C=O) groups is 2. The Balaban J connectivity index is 1.53. The molecule has 2 aromatic rings. The number of rotatable bonds is 3. The van der Waals surface area contributed by atoms with Crippen LogP contribution in [0.5, 0.6) is 0 Å². The second-order valence-corrected chi connectivity index (χ2v) is 8.75. The molecule has 5 nitrogen and oxygen atoms in total. The molecule has 4 rings (SSSR count). The molecule has 0 spiro atoms. The molecule has 1 N–H and O–H groups in total. The number of anilines is 2. The second kappa shape index (κ2) is 7.40. The van der Waals surface area contributed by atoms with Gasteiger partial charge in [0.05, 0.1) is 11.5 Å². The van der Waals surface area contributed by atoms with Crippen molar-refractivity contribution in [2.75, 3.05) is 16.8 Å². The summed E-state index contributed by atoms with van der Waals surface area (Å²) in [5, 5.41) is 13.2. The van der Waals surface area contributed by atoms with Gasteiger partial charge in [-0.25, -0.2) is 0 Å². The Morgan fingerprint density at radius 1 is 1.29 bits per heavy atom. The minimum Gasteiger partial charge on any atom is -0.316 e. The van der Waals surface area contributed by atoms with E-state index in [1.807, 2.05) is 32.0 Å². The SMILES string of the molecule is Cc1cccc(N2C[C@H](C(=O)Nc3sc4c(c3C#N)CCCC4)CC2=O)c1C. The number of aryl methyl sites for hydroxylation is 2. The highest BCUT2D eigenvalue weighted by Gasteiger charge is 2.36. The molecular weight excluding hydrogens is 370 g/mol. The number of carbonyl (C=O) groups excluding carboxylic acids is 2. The summed E-state index contributed by atoms with van der Waals surface area (Å²) in [6.07, 6.45) is 4.31. The number of hydrogen-bond donors (Lipinski definition) is 1. The number of nitrogens with zero attached hydrogens (tertiary/aromatic N) is 2. The minimum atomic E-state index is -0.405. The average Bonchev–Trinajstić information content (AvgIpc) is 3.24. The van der Waals surface area contributed by atoms with E-state index in [0.717, 1.165) is 48.1 Å². The Labute approximate surface area is 169 Å². The van der Waals surface area contributed by atoms with Crippen LogP contribution in [-0.2, 0) is 22.4 Å². The first-order valence-corrected chi connectivity index (χ1v) is 10.5. The molecule has 0 unspecified atom stereocenters. The molecule has 0 bridgehead atoms. The zero-order valence-corrected chi connectivity index (χ0v) is 17.0. The Bertz CT molecular complexity index is 1000. The van der Waals surface area contributed by atoms with Crippen molar-refractivity contribution in [3.63, 3.8) is 0 Å². The van der Waals surface area contributed by atoms with Crippen molar-refractivity contribution in [3.05, 3.63) is 45.3 Å². The summed E-state index contributed by atoms with van der Waals surface area (Å²) >= 11 is 1.52. The molecule has 1 aromatic carbocycles. The third kappa shape index (κ3) is 3.20. The number of benzene rings is 1. The fourth-order valence-corrected chi connectivity index (χ4v) is 5.37. The van der Waals surface area contributed by atoms with Crippen molar-refractivity contribution >= 4 is 33.8 Å². The minimum absolute atomic E-state index is 0.0279. The van der Waals surface area contributed by atoms with Crippen LogP contribution < -0.4 is 10.2 Å². The molecule has 2 heterocycles. The number of thiophene rings is 1. The predicted molar refractivity (Wildman–Crippen MR) is 111 cm³/mol. The highest BCUT2D eigenvalue weighted by Crippen LogP contribution is 2.38. The van der Waals surface area contributed by atoms with Crippen molar-refractivity contribution in [2.24, 2.45) is 5.92 Å². The number of nitrogens with one attached hydrogen (secondary N) is 1. The fourth-order valence-electron chi connectivity index (χ4n) is 4.13. The smallest absolute Gasteiger partial charge is 0.230 e. The van der Waals surface area contributed by atoms with Gasteiger partial charge in [0.2, 0.25) is 11.8 Å². The zero-order chi connectivity index (χ0) is 19.8. The van der Waals surface area contributed by atoms with Crippen LogP contribution in [0.25, 0.3) is 0 Å². The fraction of sp³-hybridized carbons (Fsp3) is 0.409. The molecule has 6 heteroatoms. The van der Waals surface area contributed by atoms with Gasteiger partial charge in [0, 0.05) is 23.5 Å². The summed E-state index contributed by atoms with van der Waals surface area (Å²) in [7, 11) is 0. The lowest BCUT2D eigenvalue weighted by atomic mass is 9.96. The standard InChI is InChI=1S/C22H23N3O2S/c1-13-6-5-8-18(14(13)2)25-12-15(10-20(25)26)21(27)24-22-17(11-23)16-7-3-4-9-19(16)28-22/h5-6,8,15H,3-4,7,9-10,12H2,1-2H3,(H,24,27)/t15-/m1/s1. The van der Waals surface area contributed by atoms with Gasteiger partial charge in [0.25, 0.3) is 0 Å². The molecular formula is C22H23N3O2S. The van der Waals surface area contributed by atoms with Crippen LogP contribution in [0.15, 0.2) is 18.2 Å². The molecule has 144 valence electrons. The molecule has 2 amide bonds. The number of nitriles is 1. The van der Waals surface area contributed by atoms with Gasteiger partial charge >= 0.3 is 0 Å². The first-order chi connectivity index (χ1) is 13.5. The van der Waals surface area contributed by atoms with Gasteiger partial charge in [-0.2, -0.15) is 5.26 Å². The highest BCUT2D eigenvalue weighted by molar-refractivity contribution is 7.16. The Morgan fingerprint density at radius 2 is 2.07 bits per heavy atom. The van der Waals surface area contributed by atoms with Crippen LogP contribution in [0.2, 0.25) is 0 Å². The van der Waals surface area contributed by atoms with E-state index >= 15 is 0 Å². The maximum atomic E-state index is 12.9. The first kappa shape index (κ1) is 18.7. The van der Waals surface area contributed by atoms with E-state index in [1.54, 1.807) is 4.90 Å². The number of amides is 2. The molecule has 1 atom stereocenters. The van der Waals surface area contributed by atoms with E-state index in [2.05, 4.69) is 11.4 Å². The van der Waals surface area contributed by atoms with Crippen molar-refractivity contribution < 1.29 is 9.59 Å². The topological polar surface area (TPSA) is 73.2 Å². The molecule has 28 heavy (non-hydrogen) atoms. The van der Waals surface area contributed by atoms with E-state index in [-0.39, 0.29) is 18.2 Å². The molecule has 0 radical (unpaired) electrons. The van der Waals surface area contributed by atoms with Gasteiger partial charge in [-0.1, -0.05) is 12.1 Å². The van der Waals surface area contributed by atoms with Crippen molar-refractivity contribution in [3.8, 4) is 6.07 Å². The largest absolute Gasteiger partial charge is 0.316 e. The lowest BCUT2D eigenvalue weighted by Crippen LogP contribution is -2.28. The van der Waals surface area contributed by atoms with Crippen molar-refractivity contribution in [1.29, 1.82) is 5.26 Å². The summed E-state index contributed by atoms with van der Waals surface area (Å²) in [5.41, 5.74) is 4.79. The summed E-state index contributed by atoms with van der Waals surface area (Å²) in [6, 6.07) is 8.16. The monoisotopic (exact) mass is 393 g/mol. The number of hydrogen-bond acceptors (Lipinski definition) is 4. The third-order valence-corrected chi connectivity index (χ3v) is 7.09. The van der Waals surface area contributed by atoms with Gasteiger partial charge in [-0.3, -0.25) is 9.59 Å². The maximum absolute atomic E-state index is 12.9. The second-order valence-electron chi connectivity index (χ2n) is 7.64. The van der Waals surface area contributed by atoms with Crippen LogP contribution in [0.1, 0.15) is 46.4 Å². The summed E-state index contributed by atoms with van der Waals surface area (Å²) < 4.78 is 0. The molecule has 1 saturated heterocycles. The molecule has 0 saturated carbocycles. The zero-order valence-electron chi connectivity index (χ0n) is 16.2. The molecule has 1 aromatic heterocycles. The Morgan fingerprint density at radius 3 is 2.86 bits per heavy atom. The highest BCUT2D eigenvalue weighted by atomic mass is 32.1. The van der Waals surface area contributed by atoms with Crippen LogP contribution in [0.4, 0.5) is 10.7 Å². The van der Waals surface area contributed by atoms with Crippen LogP contribution in [0.3, 0.4) is 0 Å². The van der Waals surface area contributed by atoms with Crippen LogP contribution in [-0.4, -0.2) is 18.4 Å². The van der Waals surface area contributed by atoms with Gasteiger partial charge in [0.1, 0.15) is 11.1 Å². The van der Waals surface area contributed by atoms with Gasteiger partial charge in [0.15, 0.2) is 0 Å². The van der Waals surface area contributed by atoms with E-state index in [1.165, 1.54) is 16.2 Å². The van der Waals surface area contributed by atoms with Crippen molar-refractivity contribution in [1.82, 2.24) is 0 Å². The number of fused-ring (bicyclic) bond motifs is 1.